The summed E-state index contributed by atoms with van der Waals surface area (Å²) in [6, 6.07) is 7.62. The molecule has 3 aromatic rings. The maximum Gasteiger partial charge on any atom is 0.258 e. The predicted octanol–water partition coefficient (Wildman–Crippen LogP) is 4.00. The third kappa shape index (κ3) is 5.59. The van der Waals surface area contributed by atoms with Gasteiger partial charge in [-0.15, -0.1) is 0 Å². The summed E-state index contributed by atoms with van der Waals surface area (Å²) in [6.07, 6.45) is 7.93. The number of aryl methyl sites for hydroxylation is 1. The molecule has 0 amide bonds. The number of oxime groups is 1. The highest BCUT2D eigenvalue weighted by Crippen LogP contribution is 2.26. The summed E-state index contributed by atoms with van der Waals surface area (Å²) in [5, 5.41) is 4.23. The van der Waals surface area contributed by atoms with Crippen molar-refractivity contribution in [2.75, 3.05) is 25.1 Å². The normalized spacial score (nSPS) is 14.7. The lowest BCUT2D eigenvalue weighted by atomic mass is 10.1. The van der Waals surface area contributed by atoms with E-state index >= 15 is 0 Å². The zero-order valence-corrected chi connectivity index (χ0v) is 20.1. The molecule has 0 radical (unpaired) electrons. The van der Waals surface area contributed by atoms with Crippen LogP contribution >= 0.6 is 0 Å². The summed E-state index contributed by atoms with van der Waals surface area (Å²) in [4.78, 5) is 25.4. The Labute approximate surface area is 199 Å². The maximum absolute atomic E-state index is 6.20. The lowest BCUT2D eigenvalue weighted by molar-refractivity contribution is 0.160. The fraction of sp³-hybridized carbons (Fsp3) is 0.400. The summed E-state index contributed by atoms with van der Waals surface area (Å²) in [5.74, 6) is 2.46. The van der Waals surface area contributed by atoms with Crippen molar-refractivity contribution < 1.29 is 14.3 Å². The van der Waals surface area contributed by atoms with Crippen molar-refractivity contribution in [3.8, 4) is 17.5 Å². The molecular weight excluding hydrogens is 432 g/mol. The van der Waals surface area contributed by atoms with Crippen LogP contribution in [0.2, 0.25) is 0 Å². The number of benzene rings is 1. The zero-order chi connectivity index (χ0) is 23.9. The molecule has 0 spiro atoms. The van der Waals surface area contributed by atoms with Crippen LogP contribution in [0.4, 0.5) is 5.95 Å². The number of aromatic nitrogens is 4. The van der Waals surface area contributed by atoms with Gasteiger partial charge in [-0.3, -0.25) is 0 Å². The number of piperidine rings is 1. The Morgan fingerprint density at radius 3 is 2.35 bits per heavy atom. The van der Waals surface area contributed by atoms with Crippen molar-refractivity contribution in [1.29, 1.82) is 0 Å². The Morgan fingerprint density at radius 2 is 1.71 bits per heavy atom. The lowest BCUT2D eigenvalue weighted by Crippen LogP contribution is -2.39. The van der Waals surface area contributed by atoms with Crippen LogP contribution in [0.1, 0.15) is 43.4 Å². The molecule has 1 aliphatic heterocycles. The van der Waals surface area contributed by atoms with Crippen molar-refractivity contribution in [2.45, 2.75) is 46.1 Å². The molecule has 1 aromatic carbocycles. The first-order chi connectivity index (χ1) is 16.6. The average Bonchev–Trinajstić information content (AvgIpc) is 2.89. The first-order valence-corrected chi connectivity index (χ1v) is 11.5. The van der Waals surface area contributed by atoms with Gasteiger partial charge in [0.15, 0.2) is 0 Å². The number of methoxy groups -OCH3 is 1. The van der Waals surface area contributed by atoms with Gasteiger partial charge in [0.25, 0.3) is 5.88 Å². The number of ether oxygens (including phenoxy) is 2. The van der Waals surface area contributed by atoms with E-state index in [9.17, 15) is 0 Å². The van der Waals surface area contributed by atoms with Crippen LogP contribution < -0.4 is 19.2 Å². The van der Waals surface area contributed by atoms with E-state index in [0.717, 1.165) is 66.5 Å². The van der Waals surface area contributed by atoms with Crippen molar-refractivity contribution in [1.82, 2.24) is 19.9 Å². The number of hydrogen-bond acceptors (Lipinski definition) is 9. The zero-order valence-electron chi connectivity index (χ0n) is 20.1. The SMILES string of the molecule is CCc1cnc(N2CCC(Oc3ncnc(ON=C(C)c4ccc(OC)cc4)c3C)CC2)nc1. The predicted molar refractivity (Wildman–Crippen MR) is 130 cm³/mol. The molecule has 0 atom stereocenters. The van der Waals surface area contributed by atoms with Gasteiger partial charge in [0.05, 0.1) is 18.4 Å². The summed E-state index contributed by atoms with van der Waals surface area (Å²) in [5.41, 5.74) is 3.52. The van der Waals surface area contributed by atoms with Gasteiger partial charge < -0.3 is 19.2 Å². The van der Waals surface area contributed by atoms with Crippen molar-refractivity contribution >= 4 is 11.7 Å². The standard InChI is InChI=1S/C25H30N6O3/c1-5-19-14-26-25(27-15-19)31-12-10-22(11-13-31)33-23-17(2)24(29-16-28-23)34-30-18(3)20-6-8-21(32-4)9-7-20/h6-9,14-16,22H,5,10-13H2,1-4H3. The van der Waals surface area contributed by atoms with E-state index in [2.05, 4.69) is 36.9 Å². The Kier molecular flexibility index (Phi) is 7.51. The quantitative estimate of drug-likeness (QED) is 0.366. The van der Waals surface area contributed by atoms with Gasteiger partial charge >= 0.3 is 0 Å². The highest BCUT2D eigenvalue weighted by molar-refractivity contribution is 5.98. The molecule has 0 aliphatic carbocycles. The van der Waals surface area contributed by atoms with E-state index in [0.29, 0.717) is 11.8 Å². The first kappa shape index (κ1) is 23.4. The molecule has 3 heterocycles. The van der Waals surface area contributed by atoms with Crippen molar-refractivity contribution in [3.05, 3.63) is 59.7 Å². The molecule has 1 saturated heterocycles. The van der Waals surface area contributed by atoms with Gasteiger partial charge in [-0.05, 0) is 55.7 Å². The Hall–Kier alpha value is -3.75. The maximum atomic E-state index is 6.20. The molecule has 0 saturated carbocycles. The minimum absolute atomic E-state index is 0.0529. The molecular formula is C25H30N6O3. The monoisotopic (exact) mass is 462 g/mol. The fourth-order valence-electron chi connectivity index (χ4n) is 3.65. The molecule has 0 bridgehead atoms. The molecule has 178 valence electrons. The Bertz CT molecular complexity index is 1110. The second-order valence-electron chi connectivity index (χ2n) is 8.15. The van der Waals surface area contributed by atoms with E-state index in [1.165, 1.54) is 6.33 Å². The van der Waals surface area contributed by atoms with Gasteiger partial charge in [0.1, 0.15) is 18.2 Å². The molecule has 2 aromatic heterocycles. The van der Waals surface area contributed by atoms with Gasteiger partial charge in [-0.2, -0.15) is 4.98 Å². The Balaban J connectivity index is 1.35. The Morgan fingerprint density at radius 1 is 1.03 bits per heavy atom. The van der Waals surface area contributed by atoms with Crippen molar-refractivity contribution in [3.63, 3.8) is 0 Å². The van der Waals surface area contributed by atoms with Gasteiger partial charge in [0.2, 0.25) is 11.8 Å². The van der Waals surface area contributed by atoms with E-state index in [1.54, 1.807) is 7.11 Å². The summed E-state index contributed by atoms with van der Waals surface area (Å²) in [6.45, 7) is 7.51. The minimum atomic E-state index is 0.0529. The van der Waals surface area contributed by atoms with Crippen LogP contribution in [-0.4, -0.2) is 52.0 Å². The third-order valence-electron chi connectivity index (χ3n) is 5.87. The molecule has 9 heteroatoms. The first-order valence-electron chi connectivity index (χ1n) is 11.5. The van der Waals surface area contributed by atoms with E-state index < -0.39 is 0 Å². The minimum Gasteiger partial charge on any atom is -0.497 e. The summed E-state index contributed by atoms with van der Waals surface area (Å²) in [7, 11) is 1.64. The second kappa shape index (κ2) is 10.9. The number of hydrogen-bond donors (Lipinski definition) is 0. The molecule has 0 N–H and O–H groups in total. The smallest absolute Gasteiger partial charge is 0.258 e. The van der Waals surface area contributed by atoms with Gasteiger partial charge in [0, 0.05) is 38.3 Å². The highest BCUT2D eigenvalue weighted by Gasteiger charge is 2.24. The van der Waals surface area contributed by atoms with Crippen LogP contribution in [0.3, 0.4) is 0 Å². The summed E-state index contributed by atoms with van der Waals surface area (Å²) < 4.78 is 11.4. The fourth-order valence-corrected chi connectivity index (χ4v) is 3.65. The van der Waals surface area contributed by atoms with E-state index in [1.807, 2.05) is 50.5 Å². The molecule has 1 fully saturated rings. The van der Waals surface area contributed by atoms with Crippen molar-refractivity contribution in [2.24, 2.45) is 5.16 Å². The molecule has 34 heavy (non-hydrogen) atoms. The molecule has 9 nitrogen and oxygen atoms in total. The number of anilines is 1. The van der Waals surface area contributed by atoms with Gasteiger partial charge in [-0.25, -0.2) is 15.0 Å². The topological polar surface area (TPSA) is 94.9 Å². The highest BCUT2D eigenvalue weighted by atomic mass is 16.6. The third-order valence-corrected chi connectivity index (χ3v) is 5.87. The number of nitrogens with zero attached hydrogens (tertiary/aromatic N) is 6. The summed E-state index contributed by atoms with van der Waals surface area (Å²) >= 11 is 0. The molecule has 0 unspecified atom stereocenters. The lowest BCUT2D eigenvalue weighted by Gasteiger charge is -2.32. The largest absolute Gasteiger partial charge is 0.497 e. The molecule has 1 aliphatic rings. The van der Waals surface area contributed by atoms with Crippen LogP contribution in [0.15, 0.2) is 48.1 Å². The van der Waals surface area contributed by atoms with Crippen LogP contribution in [0.5, 0.6) is 17.5 Å². The van der Waals surface area contributed by atoms with E-state index in [-0.39, 0.29) is 6.10 Å². The van der Waals surface area contributed by atoms with Crippen LogP contribution in [0.25, 0.3) is 0 Å². The number of rotatable bonds is 8. The van der Waals surface area contributed by atoms with E-state index in [4.69, 9.17) is 14.3 Å². The van der Waals surface area contributed by atoms with Crippen LogP contribution in [-0.2, 0) is 6.42 Å². The second-order valence-corrected chi connectivity index (χ2v) is 8.15. The average molecular weight is 463 g/mol. The van der Waals surface area contributed by atoms with Crippen LogP contribution in [0, 0.1) is 6.92 Å². The molecule has 4 rings (SSSR count). The van der Waals surface area contributed by atoms with Gasteiger partial charge in [-0.1, -0.05) is 12.1 Å².